The van der Waals surface area contributed by atoms with Crippen LogP contribution in [0.25, 0.3) is 0 Å². The van der Waals surface area contributed by atoms with E-state index in [1.807, 2.05) is 19.2 Å². The van der Waals surface area contributed by atoms with Gasteiger partial charge in [-0.3, -0.25) is 4.99 Å². The molecular formula is C19H30IN3O4. The molecule has 1 spiro atoms. The highest BCUT2D eigenvalue weighted by Gasteiger charge is 2.42. The van der Waals surface area contributed by atoms with Crippen molar-refractivity contribution in [2.24, 2.45) is 10.4 Å². The predicted molar refractivity (Wildman–Crippen MR) is 116 cm³/mol. The van der Waals surface area contributed by atoms with Crippen LogP contribution in [0.5, 0.6) is 17.2 Å². The average Bonchev–Trinajstić information content (AvgIpc) is 3.31. The molecule has 2 fully saturated rings. The molecule has 2 heterocycles. The molecule has 1 atom stereocenters. The number of aliphatic imine (C=N–C) groups is 1. The molecule has 0 bridgehead atoms. The van der Waals surface area contributed by atoms with Gasteiger partial charge in [-0.05, 0) is 25.0 Å². The zero-order valence-corrected chi connectivity index (χ0v) is 18.9. The van der Waals surface area contributed by atoms with Crippen LogP contribution in [-0.2, 0) is 11.3 Å². The standard InChI is InChI=1S/C19H29N3O4.HI/c1-20-18(22-9-7-19(12-22)8-10-26-13-19)21-11-14-5-6-15(23-2)17(25-4)16(14)24-3;/h5-6H,7-13H2,1-4H3,(H,20,21);1H. The molecule has 0 aliphatic carbocycles. The number of halogens is 1. The van der Waals surface area contributed by atoms with Gasteiger partial charge in [0.15, 0.2) is 17.5 Å². The number of hydrogen-bond acceptors (Lipinski definition) is 5. The molecule has 1 unspecified atom stereocenters. The molecule has 2 saturated heterocycles. The van der Waals surface area contributed by atoms with Gasteiger partial charge in [0.25, 0.3) is 0 Å². The molecule has 7 nitrogen and oxygen atoms in total. The van der Waals surface area contributed by atoms with Gasteiger partial charge < -0.3 is 29.2 Å². The highest BCUT2D eigenvalue weighted by Crippen LogP contribution is 2.40. The number of hydrogen-bond donors (Lipinski definition) is 1. The minimum absolute atomic E-state index is 0. The first kappa shape index (κ1) is 21.9. The normalized spacial score (nSPS) is 21.9. The zero-order valence-electron chi connectivity index (χ0n) is 16.5. The molecular weight excluding hydrogens is 461 g/mol. The first-order valence-corrected chi connectivity index (χ1v) is 8.97. The molecule has 0 amide bonds. The number of nitrogens with zero attached hydrogens (tertiary/aromatic N) is 2. The molecule has 1 aromatic carbocycles. The van der Waals surface area contributed by atoms with Gasteiger partial charge in [0, 0.05) is 44.3 Å². The Morgan fingerprint density at radius 2 is 1.96 bits per heavy atom. The van der Waals surface area contributed by atoms with Crippen molar-refractivity contribution in [1.82, 2.24) is 10.2 Å². The number of methoxy groups -OCH3 is 3. The van der Waals surface area contributed by atoms with Crippen molar-refractivity contribution in [3.05, 3.63) is 17.7 Å². The Bertz CT molecular complexity index is 663. The lowest BCUT2D eigenvalue weighted by Gasteiger charge is -2.25. The smallest absolute Gasteiger partial charge is 0.203 e. The van der Waals surface area contributed by atoms with E-state index in [0.717, 1.165) is 50.7 Å². The Morgan fingerprint density at radius 3 is 2.56 bits per heavy atom. The maximum Gasteiger partial charge on any atom is 0.203 e. The Kier molecular flexibility index (Phi) is 7.84. The van der Waals surface area contributed by atoms with Gasteiger partial charge in [-0.2, -0.15) is 0 Å². The molecule has 0 aromatic heterocycles. The van der Waals surface area contributed by atoms with Crippen molar-refractivity contribution < 1.29 is 18.9 Å². The fraction of sp³-hybridized carbons (Fsp3) is 0.632. The van der Waals surface area contributed by atoms with Crippen molar-refractivity contribution in [2.75, 3.05) is 54.7 Å². The third kappa shape index (κ3) is 4.53. The SMILES string of the molecule is CN=C(NCc1ccc(OC)c(OC)c1OC)N1CCC2(CCOC2)C1.I. The fourth-order valence-corrected chi connectivity index (χ4v) is 3.90. The molecule has 152 valence electrons. The van der Waals surface area contributed by atoms with Gasteiger partial charge in [0.05, 0.1) is 27.9 Å². The molecule has 1 aromatic rings. The van der Waals surface area contributed by atoms with E-state index in [1.165, 1.54) is 0 Å². The van der Waals surface area contributed by atoms with E-state index in [1.54, 1.807) is 21.3 Å². The lowest BCUT2D eigenvalue weighted by Crippen LogP contribution is -2.41. The first-order valence-electron chi connectivity index (χ1n) is 8.97. The van der Waals surface area contributed by atoms with Crippen LogP contribution in [0.3, 0.4) is 0 Å². The summed E-state index contributed by atoms with van der Waals surface area (Å²) < 4.78 is 22.0. The van der Waals surface area contributed by atoms with Crippen LogP contribution >= 0.6 is 24.0 Å². The summed E-state index contributed by atoms with van der Waals surface area (Å²) in [5, 5.41) is 3.46. The van der Waals surface area contributed by atoms with Crippen LogP contribution in [0.1, 0.15) is 18.4 Å². The second-order valence-electron chi connectivity index (χ2n) is 6.87. The highest BCUT2D eigenvalue weighted by molar-refractivity contribution is 14.0. The lowest BCUT2D eigenvalue weighted by molar-refractivity contribution is 0.156. The summed E-state index contributed by atoms with van der Waals surface area (Å²) in [4.78, 5) is 6.79. The summed E-state index contributed by atoms with van der Waals surface area (Å²) in [5.74, 6) is 2.84. The van der Waals surface area contributed by atoms with E-state index >= 15 is 0 Å². The van der Waals surface area contributed by atoms with Gasteiger partial charge in [-0.25, -0.2) is 0 Å². The quantitative estimate of drug-likeness (QED) is 0.388. The molecule has 2 aliphatic rings. The molecule has 2 aliphatic heterocycles. The first-order chi connectivity index (χ1) is 12.7. The Balaban J connectivity index is 0.00000261. The molecule has 0 saturated carbocycles. The monoisotopic (exact) mass is 491 g/mol. The van der Waals surface area contributed by atoms with Crippen LogP contribution in [0.2, 0.25) is 0 Å². The molecule has 8 heteroatoms. The van der Waals surface area contributed by atoms with Crippen LogP contribution in [0, 0.1) is 5.41 Å². The largest absolute Gasteiger partial charge is 0.493 e. The number of benzene rings is 1. The van der Waals surface area contributed by atoms with Crippen molar-refractivity contribution in [3.8, 4) is 17.2 Å². The van der Waals surface area contributed by atoms with E-state index in [9.17, 15) is 0 Å². The number of guanidine groups is 1. The Labute approximate surface area is 178 Å². The van der Waals surface area contributed by atoms with E-state index in [-0.39, 0.29) is 24.0 Å². The molecule has 3 rings (SSSR count). The number of ether oxygens (including phenoxy) is 4. The van der Waals surface area contributed by atoms with E-state index < -0.39 is 0 Å². The van der Waals surface area contributed by atoms with E-state index in [4.69, 9.17) is 18.9 Å². The average molecular weight is 491 g/mol. The van der Waals surface area contributed by atoms with Crippen molar-refractivity contribution >= 4 is 29.9 Å². The van der Waals surface area contributed by atoms with Gasteiger partial charge in [0.1, 0.15) is 0 Å². The minimum atomic E-state index is 0. The second-order valence-corrected chi connectivity index (χ2v) is 6.87. The summed E-state index contributed by atoms with van der Waals surface area (Å²) >= 11 is 0. The summed E-state index contributed by atoms with van der Waals surface area (Å²) in [6.07, 6.45) is 2.30. The second kappa shape index (κ2) is 9.68. The van der Waals surface area contributed by atoms with Gasteiger partial charge in [0.2, 0.25) is 5.75 Å². The van der Waals surface area contributed by atoms with Gasteiger partial charge in [-0.1, -0.05) is 0 Å². The topological polar surface area (TPSA) is 64.6 Å². The maximum atomic E-state index is 5.62. The van der Waals surface area contributed by atoms with Gasteiger partial charge in [-0.15, -0.1) is 24.0 Å². The van der Waals surface area contributed by atoms with Crippen LogP contribution in [0.15, 0.2) is 17.1 Å². The number of rotatable bonds is 5. The van der Waals surface area contributed by atoms with Crippen LogP contribution in [-0.4, -0.2) is 65.5 Å². The predicted octanol–water partition coefficient (Wildman–Crippen LogP) is 2.52. The summed E-state index contributed by atoms with van der Waals surface area (Å²) in [7, 11) is 6.70. The van der Waals surface area contributed by atoms with E-state index in [2.05, 4.69) is 15.2 Å². The van der Waals surface area contributed by atoms with Crippen molar-refractivity contribution in [2.45, 2.75) is 19.4 Å². The maximum absolute atomic E-state index is 5.62. The van der Waals surface area contributed by atoms with E-state index in [0.29, 0.717) is 29.2 Å². The van der Waals surface area contributed by atoms with Gasteiger partial charge >= 0.3 is 0 Å². The minimum Gasteiger partial charge on any atom is -0.493 e. The van der Waals surface area contributed by atoms with Crippen molar-refractivity contribution in [3.63, 3.8) is 0 Å². The molecule has 27 heavy (non-hydrogen) atoms. The Hall–Kier alpha value is -1.42. The molecule has 1 N–H and O–H groups in total. The lowest BCUT2D eigenvalue weighted by atomic mass is 9.87. The van der Waals surface area contributed by atoms with Crippen LogP contribution in [0.4, 0.5) is 0 Å². The molecule has 0 radical (unpaired) electrons. The van der Waals surface area contributed by atoms with Crippen LogP contribution < -0.4 is 19.5 Å². The van der Waals surface area contributed by atoms with Crippen molar-refractivity contribution in [1.29, 1.82) is 0 Å². The number of nitrogens with one attached hydrogen (secondary N) is 1. The fourth-order valence-electron chi connectivity index (χ4n) is 3.90. The summed E-state index contributed by atoms with van der Waals surface area (Å²) in [6.45, 7) is 4.34. The summed E-state index contributed by atoms with van der Waals surface area (Å²) in [5.41, 5.74) is 1.29. The highest BCUT2D eigenvalue weighted by atomic mass is 127. The number of likely N-dealkylation sites (tertiary alicyclic amines) is 1. The Morgan fingerprint density at radius 1 is 1.19 bits per heavy atom. The third-order valence-electron chi connectivity index (χ3n) is 5.36. The summed E-state index contributed by atoms with van der Waals surface area (Å²) in [6, 6.07) is 3.87. The third-order valence-corrected chi connectivity index (χ3v) is 5.36. The zero-order chi connectivity index (χ0) is 18.6.